The third-order valence-electron chi connectivity index (χ3n) is 6.85. The van der Waals surface area contributed by atoms with E-state index in [4.69, 9.17) is 5.10 Å². The highest BCUT2D eigenvalue weighted by Gasteiger charge is 2.43. The summed E-state index contributed by atoms with van der Waals surface area (Å²) in [6, 6.07) is 18.5. The molecule has 0 N–H and O–H groups in total. The molecule has 1 saturated heterocycles. The van der Waals surface area contributed by atoms with Gasteiger partial charge in [-0.1, -0.05) is 36.4 Å². The second-order valence-electron chi connectivity index (χ2n) is 8.74. The number of aromatic nitrogens is 4. The van der Waals surface area contributed by atoms with Crippen LogP contribution in [0.15, 0.2) is 73.3 Å². The van der Waals surface area contributed by atoms with Crippen LogP contribution in [0.4, 0.5) is 0 Å². The highest BCUT2D eigenvalue weighted by molar-refractivity contribution is 5.95. The smallest absolute Gasteiger partial charge is 0.254 e. The predicted octanol–water partition coefficient (Wildman–Crippen LogP) is 4.56. The number of hydrogen-bond donors (Lipinski definition) is 0. The third kappa shape index (κ3) is 2.98. The second-order valence-corrected chi connectivity index (χ2v) is 8.74. The molecule has 2 aromatic heterocycles. The van der Waals surface area contributed by atoms with Crippen LogP contribution in [0.3, 0.4) is 0 Å². The number of aryl methyl sites for hydroxylation is 1. The number of piperidine rings is 1. The minimum Gasteiger partial charge on any atom is -0.327 e. The summed E-state index contributed by atoms with van der Waals surface area (Å²) in [4.78, 5) is 20.0. The summed E-state index contributed by atoms with van der Waals surface area (Å²) < 4.78 is 3.93. The second kappa shape index (κ2) is 7.48. The molecule has 160 valence electrons. The first-order valence-corrected chi connectivity index (χ1v) is 11.2. The summed E-state index contributed by atoms with van der Waals surface area (Å²) in [7, 11) is 2.02. The van der Waals surface area contributed by atoms with E-state index in [9.17, 15) is 4.79 Å². The predicted molar refractivity (Wildman–Crippen MR) is 122 cm³/mol. The molecule has 4 aromatic rings. The number of rotatable bonds is 3. The van der Waals surface area contributed by atoms with E-state index in [0.717, 1.165) is 42.6 Å². The van der Waals surface area contributed by atoms with Crippen LogP contribution in [0.2, 0.25) is 0 Å². The zero-order valence-electron chi connectivity index (χ0n) is 18.1. The number of fused-ring (bicyclic) bond motifs is 4. The molecule has 6 heteroatoms. The molecule has 4 heterocycles. The molecule has 2 atom stereocenters. The number of carbonyl (C=O) groups is 1. The van der Waals surface area contributed by atoms with Crippen molar-refractivity contribution in [2.45, 2.75) is 37.8 Å². The van der Waals surface area contributed by atoms with Gasteiger partial charge in [-0.25, -0.2) is 4.98 Å². The molecule has 1 fully saturated rings. The number of benzene rings is 2. The van der Waals surface area contributed by atoms with E-state index in [0.29, 0.717) is 0 Å². The first-order chi connectivity index (χ1) is 15.7. The van der Waals surface area contributed by atoms with Gasteiger partial charge >= 0.3 is 0 Å². The normalized spacial score (nSPS) is 19.6. The minimum absolute atomic E-state index is 0.0329. The maximum Gasteiger partial charge on any atom is 0.254 e. The first kappa shape index (κ1) is 19.0. The SMILES string of the molecule is Cn1nc2c(c1-c1ccccc1)CC1CCCC2N1C(=O)c1cccc(-n2ccnc2)c1. The molecule has 0 spiro atoms. The Bertz CT molecular complexity index is 1280. The van der Waals surface area contributed by atoms with Crippen LogP contribution >= 0.6 is 0 Å². The maximum atomic E-state index is 13.8. The lowest BCUT2D eigenvalue weighted by Crippen LogP contribution is -2.49. The van der Waals surface area contributed by atoms with Crippen molar-refractivity contribution in [3.05, 3.63) is 90.1 Å². The van der Waals surface area contributed by atoms with E-state index in [1.807, 2.05) is 52.8 Å². The molecule has 2 unspecified atom stereocenters. The van der Waals surface area contributed by atoms with Crippen LogP contribution in [0.5, 0.6) is 0 Å². The number of imidazole rings is 1. The van der Waals surface area contributed by atoms with Crippen molar-refractivity contribution < 1.29 is 4.79 Å². The summed E-state index contributed by atoms with van der Waals surface area (Å²) in [5.41, 5.74) is 6.42. The molecule has 2 aliphatic heterocycles. The average molecular weight is 424 g/mol. The summed E-state index contributed by atoms with van der Waals surface area (Å²) >= 11 is 0. The van der Waals surface area contributed by atoms with Gasteiger partial charge in [0.15, 0.2) is 0 Å². The van der Waals surface area contributed by atoms with Crippen molar-refractivity contribution in [1.29, 1.82) is 0 Å². The zero-order valence-corrected chi connectivity index (χ0v) is 18.1. The highest BCUT2D eigenvalue weighted by atomic mass is 16.2. The van der Waals surface area contributed by atoms with Crippen molar-refractivity contribution in [3.8, 4) is 16.9 Å². The van der Waals surface area contributed by atoms with Crippen LogP contribution in [0, 0.1) is 0 Å². The number of hydrogen-bond acceptors (Lipinski definition) is 3. The van der Waals surface area contributed by atoms with Crippen LogP contribution in [0.25, 0.3) is 16.9 Å². The molecular formula is C26H25N5O. The van der Waals surface area contributed by atoms with E-state index in [1.165, 1.54) is 16.8 Å². The van der Waals surface area contributed by atoms with E-state index < -0.39 is 0 Å². The number of amides is 1. The Kier molecular flexibility index (Phi) is 4.45. The summed E-state index contributed by atoms with van der Waals surface area (Å²) in [5, 5.41) is 4.94. The van der Waals surface area contributed by atoms with Crippen molar-refractivity contribution >= 4 is 5.91 Å². The van der Waals surface area contributed by atoms with Gasteiger partial charge in [0.1, 0.15) is 0 Å². The first-order valence-electron chi connectivity index (χ1n) is 11.2. The lowest BCUT2D eigenvalue weighted by Gasteiger charge is -2.45. The van der Waals surface area contributed by atoms with Crippen LogP contribution < -0.4 is 0 Å². The monoisotopic (exact) mass is 423 g/mol. The molecule has 32 heavy (non-hydrogen) atoms. The number of carbonyl (C=O) groups excluding carboxylic acids is 1. The Hall–Kier alpha value is -3.67. The van der Waals surface area contributed by atoms with Gasteiger partial charge in [0, 0.05) is 47.9 Å². The highest BCUT2D eigenvalue weighted by Crippen LogP contribution is 2.45. The lowest BCUT2D eigenvalue weighted by atomic mass is 9.81. The van der Waals surface area contributed by atoms with Crippen LogP contribution in [-0.2, 0) is 13.5 Å². The van der Waals surface area contributed by atoms with Gasteiger partial charge in [-0.3, -0.25) is 9.48 Å². The molecular weight excluding hydrogens is 398 g/mol. The fourth-order valence-electron chi connectivity index (χ4n) is 5.47. The van der Waals surface area contributed by atoms with Crippen LogP contribution in [0.1, 0.15) is 46.9 Å². The Balaban J connectivity index is 1.39. The summed E-state index contributed by atoms with van der Waals surface area (Å²) in [6.45, 7) is 0. The standard InChI is InChI=1S/C26H25N5O/c1-29-25(18-7-3-2-4-8-18)22-16-21-11-6-12-23(24(22)28-29)31(21)26(32)19-9-5-10-20(15-19)30-14-13-27-17-30/h2-5,7-10,13-15,17,21,23H,6,11-12,16H2,1H3. The number of nitrogens with zero attached hydrogens (tertiary/aromatic N) is 5. The molecule has 2 bridgehead atoms. The van der Waals surface area contributed by atoms with Crippen molar-refractivity contribution in [3.63, 3.8) is 0 Å². The Labute approximate surface area is 187 Å². The van der Waals surface area contributed by atoms with Gasteiger partial charge in [0.2, 0.25) is 0 Å². The Morgan fingerprint density at radius 1 is 1.06 bits per heavy atom. The van der Waals surface area contributed by atoms with Crippen molar-refractivity contribution in [2.75, 3.05) is 0 Å². The molecule has 2 aliphatic rings. The van der Waals surface area contributed by atoms with Crippen molar-refractivity contribution in [2.24, 2.45) is 7.05 Å². The minimum atomic E-state index is 0.0329. The summed E-state index contributed by atoms with van der Waals surface area (Å²) in [6.07, 6.45) is 9.38. The molecule has 1 amide bonds. The van der Waals surface area contributed by atoms with Gasteiger partial charge in [0.25, 0.3) is 5.91 Å². The van der Waals surface area contributed by atoms with E-state index in [2.05, 4.69) is 34.1 Å². The van der Waals surface area contributed by atoms with E-state index in [-0.39, 0.29) is 18.0 Å². The fraction of sp³-hybridized carbons (Fsp3) is 0.269. The van der Waals surface area contributed by atoms with E-state index in [1.54, 1.807) is 12.5 Å². The quantitative estimate of drug-likeness (QED) is 0.485. The molecule has 6 nitrogen and oxygen atoms in total. The zero-order chi connectivity index (χ0) is 21.7. The van der Waals surface area contributed by atoms with Gasteiger partial charge in [0.05, 0.1) is 23.8 Å². The largest absolute Gasteiger partial charge is 0.327 e. The average Bonchev–Trinajstić information content (AvgIpc) is 3.47. The molecule has 0 saturated carbocycles. The van der Waals surface area contributed by atoms with Crippen LogP contribution in [-0.4, -0.2) is 36.2 Å². The van der Waals surface area contributed by atoms with E-state index >= 15 is 0 Å². The Morgan fingerprint density at radius 2 is 1.94 bits per heavy atom. The molecule has 2 aromatic carbocycles. The maximum absolute atomic E-state index is 13.8. The van der Waals surface area contributed by atoms with Gasteiger partial charge < -0.3 is 9.47 Å². The molecule has 0 aliphatic carbocycles. The lowest BCUT2D eigenvalue weighted by molar-refractivity contribution is 0.0392. The Morgan fingerprint density at radius 3 is 2.75 bits per heavy atom. The van der Waals surface area contributed by atoms with Crippen molar-refractivity contribution in [1.82, 2.24) is 24.2 Å². The van der Waals surface area contributed by atoms with Gasteiger partial charge in [-0.05, 0) is 43.9 Å². The van der Waals surface area contributed by atoms with Gasteiger partial charge in [-0.2, -0.15) is 5.10 Å². The topological polar surface area (TPSA) is 56.0 Å². The van der Waals surface area contributed by atoms with Gasteiger partial charge in [-0.15, -0.1) is 0 Å². The fourth-order valence-corrected chi connectivity index (χ4v) is 5.47. The molecule has 6 rings (SSSR count). The third-order valence-corrected chi connectivity index (χ3v) is 6.85. The summed E-state index contributed by atoms with van der Waals surface area (Å²) in [5.74, 6) is 0.0965. The molecule has 0 radical (unpaired) electrons.